The molecule has 2 unspecified atom stereocenters. The zero-order chi connectivity index (χ0) is 15.2. The summed E-state index contributed by atoms with van der Waals surface area (Å²) in [6.45, 7) is 10.3. The van der Waals surface area contributed by atoms with Crippen LogP contribution in [0.5, 0.6) is 0 Å². The third-order valence-electron chi connectivity index (χ3n) is 2.93. The molecule has 5 heteroatoms. The number of rotatable bonds is 6. The average molecular weight is 282 g/mol. The van der Waals surface area contributed by atoms with Crippen molar-refractivity contribution in [3.05, 3.63) is 24.2 Å². The Morgan fingerprint density at radius 2 is 2.15 bits per heavy atom. The number of hydrogen-bond acceptors (Lipinski definition) is 4. The van der Waals surface area contributed by atoms with E-state index in [-0.39, 0.29) is 18.2 Å². The number of furan rings is 1. The molecule has 1 heterocycles. The van der Waals surface area contributed by atoms with Gasteiger partial charge in [0.25, 0.3) is 0 Å². The highest BCUT2D eigenvalue weighted by Crippen LogP contribution is 2.12. The second-order valence-electron chi connectivity index (χ2n) is 5.94. The third kappa shape index (κ3) is 6.10. The fourth-order valence-electron chi connectivity index (χ4n) is 1.73. The van der Waals surface area contributed by atoms with Gasteiger partial charge in [0.15, 0.2) is 0 Å². The Morgan fingerprint density at radius 3 is 2.65 bits per heavy atom. The molecule has 0 saturated heterocycles. The summed E-state index contributed by atoms with van der Waals surface area (Å²) in [5.74, 6) is 0. The topological polar surface area (TPSA) is 63.5 Å². The molecule has 1 aromatic rings. The van der Waals surface area contributed by atoms with Gasteiger partial charge < -0.3 is 19.8 Å². The van der Waals surface area contributed by atoms with Crippen molar-refractivity contribution in [3.8, 4) is 0 Å². The van der Waals surface area contributed by atoms with Gasteiger partial charge in [0.2, 0.25) is 0 Å². The van der Waals surface area contributed by atoms with E-state index in [4.69, 9.17) is 9.15 Å². The summed E-state index contributed by atoms with van der Waals surface area (Å²) >= 11 is 0. The summed E-state index contributed by atoms with van der Waals surface area (Å²) in [6.07, 6.45) is 3.84. The van der Waals surface area contributed by atoms with Crippen molar-refractivity contribution in [1.29, 1.82) is 0 Å². The number of hydrogen-bond donors (Lipinski definition) is 2. The van der Waals surface area contributed by atoms with E-state index in [2.05, 4.69) is 17.6 Å². The first kappa shape index (κ1) is 16.6. The van der Waals surface area contributed by atoms with Crippen LogP contribution in [-0.2, 0) is 4.74 Å². The fraction of sp³-hybridized carbons (Fsp3) is 0.667. The van der Waals surface area contributed by atoms with Crippen LogP contribution in [0.2, 0.25) is 0 Å². The van der Waals surface area contributed by atoms with E-state index in [9.17, 15) is 4.79 Å². The molecule has 1 aromatic heterocycles. The number of nitrogens with one attached hydrogen (secondary N) is 2. The maximum Gasteiger partial charge on any atom is 0.407 e. The van der Waals surface area contributed by atoms with Crippen LogP contribution in [0.4, 0.5) is 4.79 Å². The SMILES string of the molecule is CCC(CNC(C)c1ccoc1)NC(=O)OC(C)(C)C. The smallest absolute Gasteiger partial charge is 0.407 e. The summed E-state index contributed by atoms with van der Waals surface area (Å²) in [7, 11) is 0. The molecule has 1 rings (SSSR count). The largest absolute Gasteiger partial charge is 0.472 e. The summed E-state index contributed by atoms with van der Waals surface area (Å²) < 4.78 is 10.3. The van der Waals surface area contributed by atoms with Gasteiger partial charge in [0.1, 0.15) is 5.60 Å². The van der Waals surface area contributed by atoms with Gasteiger partial charge in [-0.1, -0.05) is 6.92 Å². The van der Waals surface area contributed by atoms with Gasteiger partial charge in [-0.3, -0.25) is 0 Å². The zero-order valence-electron chi connectivity index (χ0n) is 13.0. The normalized spacial score (nSPS) is 14.7. The lowest BCUT2D eigenvalue weighted by molar-refractivity contribution is 0.0502. The molecule has 0 saturated carbocycles. The Bertz CT molecular complexity index is 396. The molecule has 0 bridgehead atoms. The quantitative estimate of drug-likeness (QED) is 0.840. The summed E-state index contributed by atoms with van der Waals surface area (Å²) in [4.78, 5) is 11.7. The number of carbonyl (C=O) groups is 1. The van der Waals surface area contributed by atoms with E-state index in [0.29, 0.717) is 6.54 Å². The molecule has 0 aliphatic carbocycles. The number of amides is 1. The van der Waals surface area contributed by atoms with Gasteiger partial charge in [-0.25, -0.2) is 4.79 Å². The van der Waals surface area contributed by atoms with Gasteiger partial charge in [0.05, 0.1) is 12.5 Å². The van der Waals surface area contributed by atoms with E-state index in [0.717, 1.165) is 12.0 Å². The Kier molecular flexibility index (Phi) is 6.07. The molecule has 0 radical (unpaired) electrons. The van der Waals surface area contributed by atoms with Crippen molar-refractivity contribution >= 4 is 6.09 Å². The first-order valence-electron chi connectivity index (χ1n) is 7.06. The van der Waals surface area contributed by atoms with Gasteiger partial charge >= 0.3 is 6.09 Å². The first-order valence-corrected chi connectivity index (χ1v) is 7.06. The Morgan fingerprint density at radius 1 is 1.45 bits per heavy atom. The minimum atomic E-state index is -0.472. The predicted molar refractivity (Wildman–Crippen MR) is 78.6 cm³/mol. The van der Waals surface area contributed by atoms with Crippen LogP contribution in [0.1, 0.15) is 52.6 Å². The van der Waals surface area contributed by atoms with Crippen LogP contribution in [0.3, 0.4) is 0 Å². The Balaban J connectivity index is 2.38. The highest BCUT2D eigenvalue weighted by Gasteiger charge is 2.19. The summed E-state index contributed by atoms with van der Waals surface area (Å²) in [6, 6.07) is 2.15. The van der Waals surface area contributed by atoms with Gasteiger partial charge in [-0.2, -0.15) is 0 Å². The molecule has 0 spiro atoms. The summed E-state index contributed by atoms with van der Waals surface area (Å²) in [5, 5.41) is 6.25. The van der Waals surface area contributed by atoms with Crippen LogP contribution in [0.25, 0.3) is 0 Å². The van der Waals surface area contributed by atoms with E-state index in [1.807, 2.05) is 33.8 Å². The molecule has 0 fully saturated rings. The second kappa shape index (κ2) is 7.33. The lowest BCUT2D eigenvalue weighted by Crippen LogP contribution is -2.44. The standard InChI is InChI=1S/C15H26N2O3/c1-6-13(17-14(18)20-15(3,4)5)9-16-11(2)12-7-8-19-10-12/h7-8,10-11,13,16H,6,9H2,1-5H3,(H,17,18). The van der Waals surface area contributed by atoms with Crippen LogP contribution >= 0.6 is 0 Å². The van der Waals surface area contributed by atoms with Gasteiger partial charge in [-0.15, -0.1) is 0 Å². The molecule has 0 aliphatic heterocycles. The Labute approximate surface area is 121 Å². The molecule has 0 aromatic carbocycles. The van der Waals surface area contributed by atoms with Crippen molar-refractivity contribution in [2.45, 2.75) is 58.7 Å². The van der Waals surface area contributed by atoms with Crippen LogP contribution in [0, 0.1) is 0 Å². The Hall–Kier alpha value is -1.49. The minimum absolute atomic E-state index is 0.0409. The molecule has 2 N–H and O–H groups in total. The average Bonchev–Trinajstić information content (AvgIpc) is 2.85. The van der Waals surface area contributed by atoms with Gasteiger partial charge in [-0.05, 0) is 40.2 Å². The van der Waals surface area contributed by atoms with Crippen molar-refractivity contribution in [2.75, 3.05) is 6.54 Å². The monoisotopic (exact) mass is 282 g/mol. The van der Waals surface area contributed by atoms with Crippen molar-refractivity contribution < 1.29 is 13.9 Å². The highest BCUT2D eigenvalue weighted by molar-refractivity contribution is 5.68. The van der Waals surface area contributed by atoms with Crippen molar-refractivity contribution in [3.63, 3.8) is 0 Å². The number of alkyl carbamates (subject to hydrolysis) is 1. The van der Waals surface area contributed by atoms with Crippen molar-refractivity contribution in [1.82, 2.24) is 10.6 Å². The lowest BCUT2D eigenvalue weighted by Gasteiger charge is -2.24. The fourth-order valence-corrected chi connectivity index (χ4v) is 1.73. The van der Waals surface area contributed by atoms with E-state index < -0.39 is 5.60 Å². The van der Waals surface area contributed by atoms with Gasteiger partial charge in [0, 0.05) is 24.2 Å². The van der Waals surface area contributed by atoms with Crippen LogP contribution < -0.4 is 10.6 Å². The molecule has 20 heavy (non-hydrogen) atoms. The molecule has 0 aliphatic rings. The first-order chi connectivity index (χ1) is 9.31. The highest BCUT2D eigenvalue weighted by atomic mass is 16.6. The molecule has 2 atom stereocenters. The predicted octanol–water partition coefficient (Wildman–Crippen LogP) is 3.23. The molecular weight excluding hydrogens is 256 g/mol. The maximum atomic E-state index is 11.7. The second-order valence-corrected chi connectivity index (χ2v) is 5.94. The lowest BCUT2D eigenvalue weighted by atomic mass is 10.1. The number of carbonyl (C=O) groups excluding carboxylic acids is 1. The zero-order valence-corrected chi connectivity index (χ0v) is 13.0. The number of ether oxygens (including phenoxy) is 1. The van der Waals surface area contributed by atoms with E-state index >= 15 is 0 Å². The minimum Gasteiger partial charge on any atom is -0.472 e. The molecule has 1 amide bonds. The summed E-state index contributed by atoms with van der Waals surface area (Å²) in [5.41, 5.74) is 0.622. The van der Waals surface area contributed by atoms with E-state index in [1.54, 1.807) is 12.5 Å². The van der Waals surface area contributed by atoms with Crippen molar-refractivity contribution in [2.24, 2.45) is 0 Å². The third-order valence-corrected chi connectivity index (χ3v) is 2.93. The van der Waals surface area contributed by atoms with E-state index in [1.165, 1.54) is 0 Å². The molecule has 114 valence electrons. The molecule has 5 nitrogen and oxygen atoms in total. The van der Waals surface area contributed by atoms with Crippen LogP contribution in [0.15, 0.2) is 23.0 Å². The maximum absolute atomic E-state index is 11.7. The van der Waals surface area contributed by atoms with Crippen LogP contribution in [-0.4, -0.2) is 24.3 Å². The molecular formula is C15H26N2O3.